The van der Waals surface area contributed by atoms with Crippen LogP contribution >= 0.6 is 0 Å². The van der Waals surface area contributed by atoms with Crippen LogP contribution in [0.4, 0.5) is 0 Å². The zero-order chi connectivity index (χ0) is 10.6. The predicted molar refractivity (Wildman–Crippen MR) is 58.6 cm³/mol. The highest BCUT2D eigenvalue weighted by Crippen LogP contribution is 2.26. The van der Waals surface area contributed by atoms with Crippen LogP contribution in [0.15, 0.2) is 24.3 Å². The maximum absolute atomic E-state index is 10.2. The first kappa shape index (κ1) is 16.4. The lowest BCUT2D eigenvalue weighted by molar-refractivity contribution is -0.131. The SMILES string of the molecule is COc1cc(C=CC(=O)O)ccc1O.O.O. The summed E-state index contributed by atoms with van der Waals surface area (Å²) in [7, 11) is 1.43. The van der Waals surface area contributed by atoms with Crippen molar-refractivity contribution in [2.75, 3.05) is 7.11 Å². The van der Waals surface area contributed by atoms with E-state index in [1.165, 1.54) is 19.3 Å². The molecule has 0 radical (unpaired) electrons. The van der Waals surface area contributed by atoms with Crippen molar-refractivity contribution in [2.24, 2.45) is 0 Å². The fourth-order valence-electron chi connectivity index (χ4n) is 0.965. The molecule has 0 amide bonds. The molecule has 6 N–H and O–H groups in total. The molecule has 0 unspecified atom stereocenters. The van der Waals surface area contributed by atoms with Gasteiger partial charge in [-0.15, -0.1) is 0 Å². The van der Waals surface area contributed by atoms with E-state index in [1.54, 1.807) is 12.1 Å². The number of phenols is 1. The zero-order valence-electron chi connectivity index (χ0n) is 8.60. The molecular formula is C10H14O6. The molecule has 6 nitrogen and oxygen atoms in total. The molecule has 1 aromatic carbocycles. The van der Waals surface area contributed by atoms with Crippen molar-refractivity contribution in [2.45, 2.75) is 0 Å². The highest BCUT2D eigenvalue weighted by atomic mass is 16.5. The summed E-state index contributed by atoms with van der Waals surface area (Å²) in [5.41, 5.74) is 0.655. The van der Waals surface area contributed by atoms with Crippen LogP contribution in [0.1, 0.15) is 5.56 Å². The summed E-state index contributed by atoms with van der Waals surface area (Å²) >= 11 is 0. The van der Waals surface area contributed by atoms with Crippen molar-refractivity contribution in [1.29, 1.82) is 0 Å². The van der Waals surface area contributed by atoms with Gasteiger partial charge in [-0.1, -0.05) is 6.07 Å². The molecule has 0 aliphatic rings. The zero-order valence-corrected chi connectivity index (χ0v) is 8.60. The minimum absolute atomic E-state index is 0. The maximum Gasteiger partial charge on any atom is 0.328 e. The number of methoxy groups -OCH3 is 1. The summed E-state index contributed by atoms with van der Waals surface area (Å²) in [6, 6.07) is 4.59. The largest absolute Gasteiger partial charge is 0.504 e. The monoisotopic (exact) mass is 230 g/mol. The van der Waals surface area contributed by atoms with E-state index in [0.29, 0.717) is 11.3 Å². The number of carboxylic acids is 1. The number of rotatable bonds is 3. The maximum atomic E-state index is 10.2. The molecule has 1 rings (SSSR count). The molecule has 0 saturated carbocycles. The number of ether oxygens (including phenoxy) is 1. The van der Waals surface area contributed by atoms with Gasteiger partial charge in [0.2, 0.25) is 0 Å². The molecule has 0 aliphatic carbocycles. The molecule has 0 bridgehead atoms. The molecule has 90 valence electrons. The smallest absolute Gasteiger partial charge is 0.328 e. The number of hydrogen-bond donors (Lipinski definition) is 2. The Morgan fingerprint density at radius 2 is 2.00 bits per heavy atom. The minimum Gasteiger partial charge on any atom is -0.504 e. The van der Waals surface area contributed by atoms with Crippen molar-refractivity contribution in [1.82, 2.24) is 0 Å². The number of benzene rings is 1. The van der Waals surface area contributed by atoms with E-state index < -0.39 is 5.97 Å². The lowest BCUT2D eigenvalue weighted by Gasteiger charge is -2.03. The molecule has 0 atom stereocenters. The first-order valence-electron chi connectivity index (χ1n) is 3.91. The lowest BCUT2D eigenvalue weighted by atomic mass is 10.2. The molecule has 0 spiro atoms. The molecule has 0 aliphatic heterocycles. The third-order valence-corrected chi connectivity index (χ3v) is 1.62. The quantitative estimate of drug-likeness (QED) is 0.699. The topological polar surface area (TPSA) is 130 Å². The van der Waals surface area contributed by atoms with Crippen molar-refractivity contribution >= 4 is 12.0 Å². The van der Waals surface area contributed by atoms with Crippen LogP contribution in [0.3, 0.4) is 0 Å². The fourth-order valence-corrected chi connectivity index (χ4v) is 0.965. The Morgan fingerprint density at radius 1 is 1.38 bits per heavy atom. The number of hydrogen-bond acceptors (Lipinski definition) is 3. The van der Waals surface area contributed by atoms with E-state index in [2.05, 4.69) is 0 Å². The highest BCUT2D eigenvalue weighted by molar-refractivity contribution is 5.85. The standard InChI is InChI=1S/C10H10O4.2H2O/c1-14-9-6-7(2-4-8(9)11)3-5-10(12)13;;/h2-6,11H,1H3,(H,12,13);2*1H2. The van der Waals surface area contributed by atoms with Crippen molar-refractivity contribution in [3.8, 4) is 11.5 Å². The van der Waals surface area contributed by atoms with Gasteiger partial charge in [-0.2, -0.15) is 0 Å². The number of carbonyl (C=O) groups is 1. The Morgan fingerprint density at radius 3 is 2.50 bits per heavy atom. The molecule has 6 heteroatoms. The molecular weight excluding hydrogens is 216 g/mol. The van der Waals surface area contributed by atoms with Crippen molar-refractivity contribution < 1.29 is 30.7 Å². The van der Waals surface area contributed by atoms with Gasteiger partial charge in [-0.3, -0.25) is 0 Å². The summed E-state index contributed by atoms with van der Waals surface area (Å²) in [6.07, 6.45) is 2.44. The van der Waals surface area contributed by atoms with Crippen molar-refractivity contribution in [3.63, 3.8) is 0 Å². The van der Waals surface area contributed by atoms with Crippen LogP contribution in [-0.2, 0) is 4.79 Å². The van der Waals surface area contributed by atoms with Crippen LogP contribution in [-0.4, -0.2) is 34.2 Å². The summed E-state index contributed by atoms with van der Waals surface area (Å²) < 4.78 is 4.86. The Kier molecular flexibility index (Phi) is 7.44. The first-order valence-corrected chi connectivity index (χ1v) is 3.91. The first-order chi connectivity index (χ1) is 6.63. The predicted octanol–water partition coefficient (Wildman–Crippen LogP) is -0.151. The Balaban J connectivity index is 0. The van der Waals surface area contributed by atoms with E-state index in [1.807, 2.05) is 0 Å². The fraction of sp³-hybridized carbons (Fsp3) is 0.100. The second-order valence-corrected chi connectivity index (χ2v) is 2.60. The number of carboxylic acid groups (broad SMARTS) is 1. The van der Waals surface area contributed by atoms with Crippen molar-refractivity contribution in [3.05, 3.63) is 29.8 Å². The van der Waals surface area contributed by atoms with Crippen LogP contribution in [0.25, 0.3) is 6.08 Å². The van der Waals surface area contributed by atoms with E-state index in [4.69, 9.17) is 9.84 Å². The van der Waals surface area contributed by atoms with Crippen LogP contribution < -0.4 is 4.74 Å². The van der Waals surface area contributed by atoms with Gasteiger partial charge in [0.15, 0.2) is 11.5 Å². The van der Waals surface area contributed by atoms with Gasteiger partial charge in [-0.25, -0.2) is 4.79 Å². The molecule has 16 heavy (non-hydrogen) atoms. The molecule has 0 aromatic heterocycles. The number of aliphatic carboxylic acids is 1. The van der Waals surface area contributed by atoms with Crippen LogP contribution in [0.2, 0.25) is 0 Å². The summed E-state index contributed by atoms with van der Waals surface area (Å²) in [5.74, 6) is -0.672. The Labute approximate surface area is 92.0 Å². The van der Waals surface area contributed by atoms with Gasteiger partial charge in [0.25, 0.3) is 0 Å². The van der Waals surface area contributed by atoms with Gasteiger partial charge >= 0.3 is 5.97 Å². The third kappa shape index (κ3) is 4.45. The van der Waals surface area contributed by atoms with E-state index in [9.17, 15) is 9.90 Å². The lowest BCUT2D eigenvalue weighted by Crippen LogP contribution is -1.87. The highest BCUT2D eigenvalue weighted by Gasteiger charge is 2.00. The Hall–Kier alpha value is -2.05. The van der Waals surface area contributed by atoms with Gasteiger partial charge < -0.3 is 25.9 Å². The van der Waals surface area contributed by atoms with Gasteiger partial charge in [0, 0.05) is 6.08 Å². The normalized spacial score (nSPS) is 9.06. The summed E-state index contributed by atoms with van der Waals surface area (Å²) in [4.78, 5) is 10.2. The molecule has 0 heterocycles. The average molecular weight is 230 g/mol. The van der Waals surface area contributed by atoms with Gasteiger partial charge in [0.05, 0.1) is 7.11 Å². The minimum atomic E-state index is -1.02. The van der Waals surface area contributed by atoms with Gasteiger partial charge in [-0.05, 0) is 23.8 Å². The average Bonchev–Trinajstić information content (AvgIpc) is 2.16. The van der Waals surface area contributed by atoms with Crippen LogP contribution in [0.5, 0.6) is 11.5 Å². The van der Waals surface area contributed by atoms with E-state index >= 15 is 0 Å². The van der Waals surface area contributed by atoms with E-state index in [0.717, 1.165) is 6.08 Å². The summed E-state index contributed by atoms with van der Waals surface area (Å²) in [5, 5.41) is 17.6. The molecule has 0 saturated heterocycles. The number of aromatic hydroxyl groups is 1. The number of phenolic OH excluding ortho intramolecular Hbond substituents is 1. The van der Waals surface area contributed by atoms with E-state index in [-0.39, 0.29) is 16.7 Å². The van der Waals surface area contributed by atoms with Crippen LogP contribution in [0, 0.1) is 0 Å². The molecule has 1 aromatic rings. The summed E-state index contributed by atoms with van der Waals surface area (Å²) in [6.45, 7) is 0. The third-order valence-electron chi connectivity index (χ3n) is 1.62. The molecule has 0 fully saturated rings. The Bertz CT molecular complexity index is 372. The van der Waals surface area contributed by atoms with Gasteiger partial charge in [0.1, 0.15) is 0 Å². The second kappa shape index (κ2) is 7.27. The second-order valence-electron chi connectivity index (χ2n) is 2.60.